The maximum absolute atomic E-state index is 12.9. The SMILES string of the molecule is COc1ccccc1NC(=O)C([NH+]=Nc1ccc(-n2nc3c(S(=O)(=O)[O-])cc4cc(S(=O)(=O)O)ccc4c3n2)c(S(=O)(=O)O)c1)C(C)=O.[Na+]. The number of anilines is 1. The molecule has 4 N–H and O–H groups in total. The van der Waals surface area contributed by atoms with Crippen LogP contribution in [0.3, 0.4) is 0 Å². The number of ether oxygens (including phenoxy) is 1. The van der Waals surface area contributed by atoms with Gasteiger partial charge in [-0.25, -0.2) is 8.42 Å². The summed E-state index contributed by atoms with van der Waals surface area (Å²) in [5.41, 5.74) is -1.17. The van der Waals surface area contributed by atoms with Crippen molar-refractivity contribution in [1.82, 2.24) is 15.0 Å². The van der Waals surface area contributed by atoms with Gasteiger partial charge in [0, 0.05) is 12.3 Å². The molecule has 49 heavy (non-hydrogen) atoms. The van der Waals surface area contributed by atoms with Gasteiger partial charge in [0.25, 0.3) is 20.2 Å². The van der Waals surface area contributed by atoms with Crippen molar-refractivity contribution in [1.29, 1.82) is 0 Å². The van der Waals surface area contributed by atoms with Crippen molar-refractivity contribution in [2.24, 2.45) is 5.11 Å². The van der Waals surface area contributed by atoms with Crippen molar-refractivity contribution >= 4 is 75.2 Å². The van der Waals surface area contributed by atoms with Crippen LogP contribution in [-0.4, -0.2) is 78.7 Å². The Hall–Kier alpha value is -4.19. The number of amides is 1. The van der Waals surface area contributed by atoms with Gasteiger partial charge in [0.05, 0.1) is 22.6 Å². The van der Waals surface area contributed by atoms with Crippen molar-refractivity contribution < 1.29 is 87.9 Å². The summed E-state index contributed by atoms with van der Waals surface area (Å²) in [6, 6.07) is 11.8. The first kappa shape index (κ1) is 37.6. The van der Waals surface area contributed by atoms with E-state index in [0.29, 0.717) is 10.5 Å². The molecule has 0 bridgehead atoms. The molecule has 0 aliphatic carbocycles. The Balaban J connectivity index is 0.00000541. The zero-order valence-electron chi connectivity index (χ0n) is 25.4. The van der Waals surface area contributed by atoms with Crippen molar-refractivity contribution in [3.05, 3.63) is 66.7 Å². The molecule has 0 radical (unpaired) electrons. The van der Waals surface area contributed by atoms with Crippen LogP contribution in [-0.2, 0) is 39.9 Å². The van der Waals surface area contributed by atoms with E-state index in [1.807, 2.05) is 0 Å². The molecule has 0 spiro atoms. The van der Waals surface area contributed by atoms with Crippen molar-refractivity contribution in [3.63, 3.8) is 0 Å². The van der Waals surface area contributed by atoms with Crippen LogP contribution in [0.4, 0.5) is 11.4 Å². The third kappa shape index (κ3) is 8.01. The molecular weight excluding hydrogens is 720 g/mol. The second kappa shape index (κ2) is 14.0. The fourth-order valence-electron chi connectivity index (χ4n) is 4.57. The molecule has 0 saturated heterocycles. The second-order valence-corrected chi connectivity index (χ2v) is 14.1. The Kier molecular flexibility index (Phi) is 10.7. The fraction of sp³-hybridized carbons (Fsp3) is 0.111. The summed E-state index contributed by atoms with van der Waals surface area (Å²) in [6.45, 7) is 1.11. The van der Waals surface area contributed by atoms with E-state index in [0.717, 1.165) is 43.3 Å². The van der Waals surface area contributed by atoms with Gasteiger partial charge in [0.2, 0.25) is 5.78 Å². The normalized spacial score (nSPS) is 12.9. The number of aromatic nitrogens is 3. The Bertz CT molecular complexity index is 2520. The first-order valence-corrected chi connectivity index (χ1v) is 17.5. The Morgan fingerprint density at radius 3 is 2.20 bits per heavy atom. The molecular formula is C27H22N6NaO12S3+. The van der Waals surface area contributed by atoms with E-state index in [-0.39, 0.29) is 57.2 Å². The van der Waals surface area contributed by atoms with E-state index in [2.05, 4.69) is 25.7 Å². The molecule has 1 atom stereocenters. The Morgan fingerprint density at radius 2 is 1.59 bits per heavy atom. The molecule has 18 nitrogen and oxygen atoms in total. The minimum atomic E-state index is -5.27. The molecule has 4 aromatic carbocycles. The van der Waals surface area contributed by atoms with Crippen molar-refractivity contribution in [2.45, 2.75) is 27.7 Å². The van der Waals surface area contributed by atoms with E-state index in [1.54, 1.807) is 18.2 Å². The summed E-state index contributed by atoms with van der Waals surface area (Å²) >= 11 is 0. The molecule has 22 heteroatoms. The molecule has 5 rings (SSSR count). The third-order valence-electron chi connectivity index (χ3n) is 6.77. The van der Waals surface area contributed by atoms with E-state index >= 15 is 0 Å². The van der Waals surface area contributed by atoms with Gasteiger partial charge in [0.1, 0.15) is 43.2 Å². The van der Waals surface area contributed by atoms with Crippen molar-refractivity contribution in [2.75, 3.05) is 12.4 Å². The number of rotatable bonds is 10. The van der Waals surface area contributed by atoms with Crippen LogP contribution in [0.5, 0.6) is 5.75 Å². The first-order chi connectivity index (χ1) is 22.4. The molecule has 250 valence electrons. The van der Waals surface area contributed by atoms with Crippen LogP contribution in [0.15, 0.2) is 86.5 Å². The molecule has 1 unspecified atom stereocenters. The number of nitrogens with zero attached hydrogens (tertiary/aromatic N) is 4. The predicted octanol–water partition coefficient (Wildman–Crippen LogP) is -2.26. The van der Waals surface area contributed by atoms with Gasteiger partial charge in [-0.1, -0.05) is 18.2 Å². The fourth-order valence-corrected chi connectivity index (χ4v) is 6.41. The molecule has 0 aliphatic heterocycles. The zero-order valence-corrected chi connectivity index (χ0v) is 29.9. The van der Waals surface area contributed by atoms with Gasteiger partial charge < -0.3 is 14.6 Å². The number of benzene rings is 4. The molecule has 1 heterocycles. The summed E-state index contributed by atoms with van der Waals surface area (Å²) in [6.07, 6.45) is 0. The van der Waals surface area contributed by atoms with Gasteiger partial charge >= 0.3 is 41.5 Å². The Morgan fingerprint density at radius 1 is 0.918 bits per heavy atom. The molecule has 1 aromatic heterocycles. The molecule has 1 amide bonds. The van der Waals surface area contributed by atoms with Gasteiger partial charge in [-0.3, -0.25) is 18.7 Å². The van der Waals surface area contributed by atoms with Crippen LogP contribution >= 0.6 is 0 Å². The minimum Gasteiger partial charge on any atom is -0.744 e. The molecule has 0 saturated carbocycles. The summed E-state index contributed by atoms with van der Waals surface area (Å²) in [5, 5.41) is 16.8. The number of carbonyl (C=O) groups excluding carboxylic acids is 2. The van der Waals surface area contributed by atoms with Gasteiger partial charge in [-0.2, -0.15) is 16.8 Å². The summed E-state index contributed by atoms with van der Waals surface area (Å²) in [7, 11) is -13.7. The molecule has 0 aliphatic rings. The molecule has 0 fully saturated rings. The molecule has 5 aromatic rings. The van der Waals surface area contributed by atoms with Gasteiger partial charge in [0.15, 0.2) is 0 Å². The maximum atomic E-state index is 12.9. The largest absolute Gasteiger partial charge is 1.00 e. The van der Waals surface area contributed by atoms with Gasteiger partial charge in [-0.15, -0.1) is 20.1 Å². The van der Waals surface area contributed by atoms with E-state index < -0.39 is 74.0 Å². The zero-order chi connectivity index (χ0) is 35.2. The average molecular weight is 742 g/mol. The maximum Gasteiger partial charge on any atom is 1.00 e. The number of Topliss-reactive ketones (excluding diaryl/α,β-unsaturated/α-hetero) is 1. The standard InChI is InChI=1S/C27H22N6O12S3.Na/c1-14(34)24(27(35)28-19-5-3-4-6-21(19)45-2)30-29-16-7-10-20(22(13-16)47(39,40)41)33-31-25-18-9-8-17(46(36,37)38)11-15(18)12-23(26(25)32-33)48(42,43)44;/h3-13,24H,1-2H3,(H,28,35)(H,36,37,38)(H,39,40,41)(H,42,43,44);/q;+1. The van der Waals surface area contributed by atoms with Crippen LogP contribution in [0, 0.1) is 0 Å². The number of carbonyl (C=O) groups is 2. The van der Waals surface area contributed by atoms with E-state index in [1.165, 1.54) is 19.2 Å². The quantitative estimate of drug-likeness (QED) is 0.0509. The van der Waals surface area contributed by atoms with Crippen LogP contribution in [0.2, 0.25) is 0 Å². The summed E-state index contributed by atoms with van der Waals surface area (Å²) < 4.78 is 109. The van der Waals surface area contributed by atoms with E-state index in [9.17, 15) is 48.5 Å². The average Bonchev–Trinajstić information content (AvgIpc) is 3.44. The van der Waals surface area contributed by atoms with Crippen LogP contribution in [0.25, 0.3) is 27.5 Å². The predicted molar refractivity (Wildman–Crippen MR) is 163 cm³/mol. The summed E-state index contributed by atoms with van der Waals surface area (Å²) in [5.74, 6) is -1.17. The number of methoxy groups -OCH3 is 1. The Labute approximate surface area is 299 Å². The number of azo groups is 1. The topological polar surface area (TPSA) is 278 Å². The number of hydrogen-bond donors (Lipinski definition) is 4. The number of hydrogen-bond acceptors (Lipinski definition) is 13. The van der Waals surface area contributed by atoms with Crippen LogP contribution < -0.4 is 44.7 Å². The number of fused-ring (bicyclic) bond motifs is 3. The monoisotopic (exact) mass is 741 g/mol. The second-order valence-electron chi connectivity index (χ2n) is 9.97. The smallest absolute Gasteiger partial charge is 0.744 e. The number of para-hydroxylation sites is 2. The number of ketones is 1. The minimum absolute atomic E-state index is 0. The number of nitrogens with one attached hydrogen (secondary N) is 2. The first-order valence-electron chi connectivity index (χ1n) is 13.2. The van der Waals surface area contributed by atoms with Crippen molar-refractivity contribution in [3.8, 4) is 11.4 Å². The van der Waals surface area contributed by atoms with Crippen LogP contribution in [0.1, 0.15) is 6.92 Å². The third-order valence-corrected chi connectivity index (χ3v) is 9.35. The van der Waals surface area contributed by atoms with Gasteiger partial charge in [-0.05, 0) is 59.0 Å². The summed E-state index contributed by atoms with van der Waals surface area (Å²) in [4.78, 5) is 23.4. The van der Waals surface area contributed by atoms with E-state index in [4.69, 9.17) is 4.74 Å².